The van der Waals surface area contributed by atoms with Crippen molar-refractivity contribution in [2.45, 2.75) is 24.2 Å². The summed E-state index contributed by atoms with van der Waals surface area (Å²) in [6.45, 7) is 3.69. The van der Waals surface area contributed by atoms with Gasteiger partial charge in [-0.3, -0.25) is 0 Å². The molecule has 4 aromatic rings. The van der Waals surface area contributed by atoms with Crippen molar-refractivity contribution in [2.24, 2.45) is 0 Å². The van der Waals surface area contributed by atoms with Crippen molar-refractivity contribution in [3.8, 4) is 0 Å². The minimum atomic E-state index is -3.17. The predicted octanol–water partition coefficient (Wildman–Crippen LogP) is 7.02. The van der Waals surface area contributed by atoms with E-state index in [-0.39, 0.29) is 11.3 Å². The molecule has 1 aliphatic rings. The van der Waals surface area contributed by atoms with Gasteiger partial charge >= 0.3 is 0 Å². The summed E-state index contributed by atoms with van der Waals surface area (Å²) in [6.07, 6.45) is 5.84. The van der Waals surface area contributed by atoms with Crippen LogP contribution in [-0.4, -0.2) is 24.6 Å². The molecule has 0 aromatic heterocycles. The highest BCUT2D eigenvalue weighted by Crippen LogP contribution is 2.62. The Balaban J connectivity index is 1.89. The predicted molar refractivity (Wildman–Crippen MR) is 140 cm³/mol. The second-order valence-electron chi connectivity index (χ2n) is 9.15. The van der Waals surface area contributed by atoms with E-state index in [1.807, 2.05) is 61.9 Å². The zero-order valence-electron chi connectivity index (χ0n) is 18.5. The van der Waals surface area contributed by atoms with Gasteiger partial charge in [-0.1, -0.05) is 97.1 Å². The first-order chi connectivity index (χ1) is 15.4. The lowest BCUT2D eigenvalue weighted by Crippen LogP contribution is -2.35. The van der Waals surface area contributed by atoms with Crippen molar-refractivity contribution in [3.05, 3.63) is 97.1 Å². The van der Waals surface area contributed by atoms with Crippen molar-refractivity contribution >= 4 is 46.4 Å². The van der Waals surface area contributed by atoms with Gasteiger partial charge in [0.15, 0.2) is 0 Å². The number of hydrogen-bond donors (Lipinski definition) is 0. The molecule has 162 valence electrons. The summed E-state index contributed by atoms with van der Waals surface area (Å²) >= 11 is 0. The molecule has 5 rings (SSSR count). The van der Waals surface area contributed by atoms with Crippen LogP contribution in [-0.2, 0) is 9.13 Å². The second kappa shape index (κ2) is 8.18. The Bertz CT molecular complexity index is 1340. The number of rotatable bonds is 4. The average molecular weight is 458 g/mol. The largest absolute Gasteiger partial charge is 0.323 e. The summed E-state index contributed by atoms with van der Waals surface area (Å²) in [4.78, 5) is 0. The van der Waals surface area contributed by atoms with Gasteiger partial charge in [-0.05, 0) is 47.7 Å². The van der Waals surface area contributed by atoms with E-state index in [9.17, 15) is 4.57 Å². The molecule has 0 heterocycles. The van der Waals surface area contributed by atoms with E-state index >= 15 is 4.57 Å². The molecule has 4 heteroatoms. The zero-order valence-corrected chi connectivity index (χ0v) is 20.3. The van der Waals surface area contributed by atoms with Gasteiger partial charge in [0.2, 0.25) is 0 Å². The third-order valence-corrected chi connectivity index (χ3v) is 12.7. The van der Waals surface area contributed by atoms with Crippen LogP contribution in [0.4, 0.5) is 0 Å². The highest BCUT2D eigenvalue weighted by Gasteiger charge is 2.46. The summed E-state index contributed by atoms with van der Waals surface area (Å²) in [5.74, 6) is 0. The topological polar surface area (TPSA) is 34.1 Å². The van der Waals surface area contributed by atoms with E-state index < -0.39 is 14.3 Å². The van der Waals surface area contributed by atoms with Crippen LogP contribution in [0, 0.1) is 0 Å². The van der Waals surface area contributed by atoms with Gasteiger partial charge in [-0.15, -0.1) is 0 Å². The molecule has 0 bridgehead atoms. The molecular weight excluding hydrogens is 430 g/mol. The molecule has 0 radical (unpaired) electrons. The third kappa shape index (κ3) is 3.51. The van der Waals surface area contributed by atoms with Crippen LogP contribution in [0.3, 0.4) is 0 Å². The molecule has 0 aliphatic heterocycles. The Hall–Kier alpha value is -2.40. The zero-order chi connectivity index (χ0) is 22.3. The van der Waals surface area contributed by atoms with Gasteiger partial charge in [0.1, 0.15) is 7.14 Å². The summed E-state index contributed by atoms with van der Waals surface area (Å²) in [6, 6.07) is 28.6. The van der Waals surface area contributed by atoms with Crippen LogP contribution < -0.4 is 10.6 Å². The maximum atomic E-state index is 15.7. The van der Waals surface area contributed by atoms with E-state index in [0.717, 1.165) is 45.0 Å². The van der Waals surface area contributed by atoms with Crippen molar-refractivity contribution in [2.75, 3.05) is 13.3 Å². The summed E-state index contributed by atoms with van der Waals surface area (Å²) in [5.41, 5.74) is -0.384. The molecule has 32 heavy (non-hydrogen) atoms. The number of hydrogen-bond acceptors (Lipinski definition) is 2. The first-order valence-corrected chi connectivity index (χ1v) is 15.6. The molecule has 0 spiro atoms. The van der Waals surface area contributed by atoms with E-state index in [1.165, 1.54) is 0 Å². The lowest BCUT2D eigenvalue weighted by molar-refractivity contribution is 0.554. The SMILES string of the molecule is CP(C)(=O)[C@@H]1C=CCC[C@H]1P(=O)(c1cccc2ccccc12)c1cccc2ccccc12. The van der Waals surface area contributed by atoms with Gasteiger partial charge in [-0.25, -0.2) is 0 Å². The van der Waals surface area contributed by atoms with Crippen LogP contribution in [0.15, 0.2) is 97.1 Å². The van der Waals surface area contributed by atoms with Crippen molar-refractivity contribution < 1.29 is 9.13 Å². The van der Waals surface area contributed by atoms with Crippen LogP contribution >= 0.6 is 14.3 Å². The Morgan fingerprint density at radius 3 is 1.72 bits per heavy atom. The van der Waals surface area contributed by atoms with Crippen molar-refractivity contribution in [1.29, 1.82) is 0 Å². The van der Waals surface area contributed by atoms with Gasteiger partial charge in [0, 0.05) is 21.9 Å². The monoisotopic (exact) mass is 458 g/mol. The van der Waals surface area contributed by atoms with Crippen LogP contribution in [0.2, 0.25) is 0 Å². The molecule has 2 nitrogen and oxygen atoms in total. The summed E-state index contributed by atoms with van der Waals surface area (Å²) in [7, 11) is -5.68. The van der Waals surface area contributed by atoms with Gasteiger partial charge in [-0.2, -0.15) is 0 Å². The fourth-order valence-electron chi connectivity index (χ4n) is 5.30. The minimum absolute atomic E-state index is 0.190. The fourth-order valence-corrected chi connectivity index (χ4v) is 12.1. The molecule has 0 saturated carbocycles. The lowest BCUT2D eigenvalue weighted by atomic mass is 10.1. The molecule has 1 aliphatic carbocycles. The van der Waals surface area contributed by atoms with Crippen LogP contribution in [0.25, 0.3) is 21.5 Å². The van der Waals surface area contributed by atoms with Gasteiger partial charge < -0.3 is 9.13 Å². The molecule has 0 fully saturated rings. The molecular formula is C28H28O2P2. The normalized spacial score (nSPS) is 19.4. The maximum absolute atomic E-state index is 15.7. The van der Waals surface area contributed by atoms with Crippen LogP contribution in [0.1, 0.15) is 12.8 Å². The third-order valence-electron chi connectivity index (χ3n) is 6.79. The molecule has 0 amide bonds. The molecule has 4 aromatic carbocycles. The van der Waals surface area contributed by atoms with E-state index in [2.05, 4.69) is 48.6 Å². The Kier molecular flexibility index (Phi) is 5.48. The standard InChI is InChI=1S/C28H28O2P2/c1-31(2,29)27-17-7-8-18-28(27)32(30,25-19-9-13-21-11-3-5-15-23(21)25)26-20-10-14-22-12-4-6-16-24(22)26/h3-7,9-17,19-20,27-28H,8,18H2,1-2H3/t27-,28-/m1/s1. The van der Waals surface area contributed by atoms with E-state index in [1.54, 1.807) is 0 Å². The Morgan fingerprint density at radius 2 is 1.19 bits per heavy atom. The highest BCUT2D eigenvalue weighted by atomic mass is 31.2. The van der Waals surface area contributed by atoms with Gasteiger partial charge in [0.05, 0.1) is 7.14 Å². The Labute approximate surface area is 190 Å². The first kappa shape index (κ1) is 21.4. The van der Waals surface area contributed by atoms with E-state index in [4.69, 9.17) is 0 Å². The molecule has 2 atom stereocenters. The van der Waals surface area contributed by atoms with Crippen molar-refractivity contribution in [3.63, 3.8) is 0 Å². The highest BCUT2D eigenvalue weighted by molar-refractivity contribution is 7.81. The molecule has 0 saturated heterocycles. The summed E-state index contributed by atoms with van der Waals surface area (Å²) in [5, 5.41) is 6.02. The number of fused-ring (bicyclic) bond motifs is 2. The minimum Gasteiger partial charge on any atom is -0.323 e. The maximum Gasteiger partial charge on any atom is 0.148 e. The summed E-state index contributed by atoms with van der Waals surface area (Å²) < 4.78 is 29.1. The molecule has 0 N–H and O–H groups in total. The molecule has 0 unspecified atom stereocenters. The van der Waals surface area contributed by atoms with Crippen molar-refractivity contribution in [1.82, 2.24) is 0 Å². The van der Waals surface area contributed by atoms with Gasteiger partial charge in [0.25, 0.3) is 0 Å². The Morgan fingerprint density at radius 1 is 0.688 bits per heavy atom. The fraction of sp³-hybridized carbons (Fsp3) is 0.214. The lowest BCUT2D eigenvalue weighted by Gasteiger charge is -2.38. The second-order valence-corrected chi connectivity index (χ2v) is 15.6. The smallest absolute Gasteiger partial charge is 0.148 e. The van der Waals surface area contributed by atoms with E-state index in [0.29, 0.717) is 0 Å². The number of benzene rings is 4. The quantitative estimate of drug-likeness (QED) is 0.243. The van der Waals surface area contributed by atoms with Crippen LogP contribution in [0.5, 0.6) is 0 Å². The first-order valence-electron chi connectivity index (χ1n) is 11.2. The number of allylic oxidation sites excluding steroid dienone is 2. The average Bonchev–Trinajstić information content (AvgIpc) is 2.82.